The van der Waals surface area contributed by atoms with Gasteiger partial charge in [-0.05, 0) is 60.9 Å². The lowest BCUT2D eigenvalue weighted by atomic mass is 10.1. The number of anilines is 1. The molecule has 1 saturated heterocycles. The summed E-state index contributed by atoms with van der Waals surface area (Å²) in [5.74, 6) is -0.195. The van der Waals surface area contributed by atoms with Gasteiger partial charge >= 0.3 is 0 Å². The minimum Gasteiger partial charge on any atom is -0.368 e. The zero-order valence-electron chi connectivity index (χ0n) is 20.0. The van der Waals surface area contributed by atoms with E-state index in [-0.39, 0.29) is 23.9 Å². The van der Waals surface area contributed by atoms with Gasteiger partial charge in [0, 0.05) is 43.4 Å². The second-order valence-corrected chi connectivity index (χ2v) is 11.2. The van der Waals surface area contributed by atoms with Gasteiger partial charge in [0.25, 0.3) is 0 Å². The van der Waals surface area contributed by atoms with Gasteiger partial charge in [0.1, 0.15) is 0 Å². The van der Waals surface area contributed by atoms with Crippen molar-refractivity contribution in [2.45, 2.75) is 25.3 Å². The molecule has 0 aliphatic carbocycles. The largest absolute Gasteiger partial charge is 0.368 e. The van der Waals surface area contributed by atoms with Gasteiger partial charge in [0.15, 0.2) is 0 Å². The summed E-state index contributed by atoms with van der Waals surface area (Å²) < 4.78 is 28.2. The minimum atomic E-state index is -3.86. The Morgan fingerprint density at radius 1 is 0.886 bits per heavy atom. The van der Waals surface area contributed by atoms with E-state index in [9.17, 15) is 13.2 Å². The number of benzene rings is 3. The molecular weight excluding hydrogens is 482 g/mol. The van der Waals surface area contributed by atoms with Crippen molar-refractivity contribution in [2.24, 2.45) is 0 Å². The number of nitrogens with zero attached hydrogens (tertiary/aromatic N) is 3. The molecule has 6 nitrogen and oxygen atoms in total. The first-order chi connectivity index (χ1) is 16.8. The number of rotatable bonds is 7. The van der Waals surface area contributed by atoms with Gasteiger partial charge in [0.2, 0.25) is 15.9 Å². The van der Waals surface area contributed by atoms with Crippen molar-refractivity contribution in [1.29, 1.82) is 0 Å². The molecule has 35 heavy (non-hydrogen) atoms. The van der Waals surface area contributed by atoms with Crippen LogP contribution in [-0.2, 0) is 21.4 Å². The summed E-state index contributed by atoms with van der Waals surface area (Å²) in [6.07, 6.45) is 0. The van der Waals surface area contributed by atoms with Crippen LogP contribution in [0.5, 0.6) is 0 Å². The highest BCUT2D eigenvalue weighted by Gasteiger charge is 2.30. The van der Waals surface area contributed by atoms with Crippen molar-refractivity contribution >= 4 is 33.2 Å². The van der Waals surface area contributed by atoms with Gasteiger partial charge in [0.05, 0.1) is 11.4 Å². The maximum absolute atomic E-state index is 13.4. The molecule has 1 amide bonds. The number of aryl methyl sites for hydroxylation is 1. The van der Waals surface area contributed by atoms with Gasteiger partial charge in [-0.25, -0.2) is 8.42 Å². The van der Waals surface area contributed by atoms with Crippen LogP contribution in [0.15, 0.2) is 77.7 Å². The van der Waals surface area contributed by atoms with Gasteiger partial charge < -0.3 is 9.80 Å². The monoisotopic (exact) mass is 511 g/mol. The van der Waals surface area contributed by atoms with Crippen molar-refractivity contribution in [3.8, 4) is 0 Å². The molecule has 4 rings (SSSR count). The highest BCUT2D eigenvalue weighted by atomic mass is 35.5. The maximum Gasteiger partial charge on any atom is 0.243 e. The van der Waals surface area contributed by atoms with Gasteiger partial charge in [-0.2, -0.15) is 4.31 Å². The summed E-state index contributed by atoms with van der Waals surface area (Å²) in [5.41, 5.74) is 4.44. The average molecular weight is 512 g/mol. The van der Waals surface area contributed by atoms with Crippen LogP contribution in [-0.4, -0.2) is 56.3 Å². The molecule has 0 saturated carbocycles. The van der Waals surface area contributed by atoms with Crippen molar-refractivity contribution in [3.63, 3.8) is 0 Å². The molecule has 0 N–H and O–H groups in total. The van der Waals surface area contributed by atoms with Crippen LogP contribution in [0.25, 0.3) is 0 Å². The number of sulfonamides is 1. The Morgan fingerprint density at radius 2 is 1.54 bits per heavy atom. The van der Waals surface area contributed by atoms with Crippen molar-refractivity contribution in [2.75, 3.05) is 37.6 Å². The SMILES string of the molecule is Cc1cccc(N2CCN(C(=O)CN(Cc3ccc(Cl)cc3)S(=O)(=O)c3ccccc3)CC2)c1C. The number of piperazine rings is 1. The van der Waals surface area contributed by atoms with Crippen LogP contribution in [0.2, 0.25) is 5.02 Å². The maximum atomic E-state index is 13.4. The lowest BCUT2D eigenvalue weighted by Gasteiger charge is -2.37. The number of halogens is 1. The van der Waals surface area contributed by atoms with E-state index in [0.29, 0.717) is 31.2 Å². The number of amides is 1. The third-order valence-corrected chi connectivity index (χ3v) is 8.57. The fourth-order valence-corrected chi connectivity index (χ4v) is 5.81. The van der Waals surface area contributed by atoms with Gasteiger partial charge in [-0.15, -0.1) is 0 Å². The first-order valence-corrected chi connectivity index (χ1v) is 13.5. The van der Waals surface area contributed by atoms with E-state index in [0.717, 1.165) is 5.56 Å². The molecule has 3 aromatic rings. The van der Waals surface area contributed by atoms with Crippen LogP contribution in [0.1, 0.15) is 16.7 Å². The Hall–Kier alpha value is -2.87. The van der Waals surface area contributed by atoms with Crippen molar-refractivity contribution < 1.29 is 13.2 Å². The van der Waals surface area contributed by atoms with Crippen LogP contribution in [0.4, 0.5) is 5.69 Å². The van der Waals surface area contributed by atoms with Gasteiger partial charge in [-0.1, -0.05) is 54.1 Å². The summed E-state index contributed by atoms with van der Waals surface area (Å²) in [7, 11) is -3.86. The Labute approximate surface area is 212 Å². The molecule has 1 fully saturated rings. The fraction of sp³-hybridized carbons (Fsp3) is 0.296. The quantitative estimate of drug-likeness (QED) is 0.468. The van der Waals surface area contributed by atoms with Crippen LogP contribution >= 0.6 is 11.6 Å². The van der Waals surface area contributed by atoms with Crippen LogP contribution in [0, 0.1) is 13.8 Å². The molecule has 1 heterocycles. The molecule has 1 aliphatic rings. The van der Waals surface area contributed by atoms with E-state index < -0.39 is 10.0 Å². The Bertz CT molecular complexity index is 1270. The zero-order chi connectivity index (χ0) is 25.0. The van der Waals surface area contributed by atoms with Crippen molar-refractivity contribution in [1.82, 2.24) is 9.21 Å². The number of carbonyl (C=O) groups excluding carboxylic acids is 1. The summed E-state index contributed by atoms with van der Waals surface area (Å²) in [5, 5.41) is 0.573. The average Bonchev–Trinajstić information content (AvgIpc) is 2.87. The zero-order valence-corrected chi connectivity index (χ0v) is 21.6. The number of hydrogen-bond donors (Lipinski definition) is 0. The normalized spacial score (nSPS) is 14.4. The standard InChI is InChI=1S/C27H30ClN3O3S/c1-21-7-6-10-26(22(21)2)29-15-17-30(18-16-29)27(32)20-31(19-23-11-13-24(28)14-12-23)35(33,34)25-8-4-3-5-9-25/h3-14H,15-20H2,1-2H3. The van der Waals surface area contributed by atoms with Crippen molar-refractivity contribution in [3.05, 3.63) is 94.5 Å². The number of hydrogen-bond acceptors (Lipinski definition) is 4. The second-order valence-electron chi connectivity index (χ2n) is 8.80. The summed E-state index contributed by atoms with van der Waals surface area (Å²) in [6.45, 7) is 6.59. The summed E-state index contributed by atoms with van der Waals surface area (Å²) >= 11 is 6.00. The second kappa shape index (κ2) is 10.8. The molecule has 0 radical (unpaired) electrons. The number of carbonyl (C=O) groups is 1. The van der Waals surface area contributed by atoms with E-state index in [2.05, 4.69) is 36.9 Å². The van der Waals surface area contributed by atoms with E-state index in [1.807, 2.05) is 0 Å². The van der Waals surface area contributed by atoms with E-state index in [1.54, 1.807) is 59.5 Å². The molecule has 0 aromatic heterocycles. The van der Waals surface area contributed by atoms with E-state index >= 15 is 0 Å². The molecule has 1 aliphatic heterocycles. The van der Waals surface area contributed by atoms with E-state index in [4.69, 9.17) is 11.6 Å². The summed E-state index contributed by atoms with van der Waals surface area (Å²) in [4.78, 5) is 17.5. The molecular formula is C27H30ClN3O3S. The first-order valence-electron chi connectivity index (χ1n) is 11.6. The van der Waals surface area contributed by atoms with Crippen LogP contribution in [0.3, 0.4) is 0 Å². The predicted octanol–water partition coefficient (Wildman–Crippen LogP) is 4.50. The molecule has 8 heteroatoms. The Morgan fingerprint density at radius 3 is 2.20 bits per heavy atom. The van der Waals surface area contributed by atoms with E-state index in [1.165, 1.54) is 21.1 Å². The lowest BCUT2D eigenvalue weighted by molar-refractivity contribution is -0.131. The Kier molecular flexibility index (Phi) is 7.79. The van der Waals surface area contributed by atoms with Crippen LogP contribution < -0.4 is 4.90 Å². The third-order valence-electron chi connectivity index (χ3n) is 6.51. The highest BCUT2D eigenvalue weighted by molar-refractivity contribution is 7.89. The third kappa shape index (κ3) is 5.86. The smallest absolute Gasteiger partial charge is 0.243 e. The molecule has 0 atom stereocenters. The van der Waals surface area contributed by atoms with Gasteiger partial charge in [-0.3, -0.25) is 4.79 Å². The summed E-state index contributed by atoms with van der Waals surface area (Å²) in [6, 6.07) is 21.5. The molecule has 0 bridgehead atoms. The minimum absolute atomic E-state index is 0.0859. The first kappa shape index (κ1) is 25.2. The molecule has 3 aromatic carbocycles. The molecule has 184 valence electrons. The highest BCUT2D eigenvalue weighted by Crippen LogP contribution is 2.24. The predicted molar refractivity (Wildman–Crippen MR) is 140 cm³/mol. The molecule has 0 spiro atoms. The fourth-order valence-electron chi connectivity index (χ4n) is 4.29. The molecule has 0 unspecified atom stereocenters. The Balaban J connectivity index is 1.49. The topological polar surface area (TPSA) is 60.9 Å². The lowest BCUT2D eigenvalue weighted by Crippen LogP contribution is -2.52.